The molecular formula is C7H18NNaO6S. The summed E-state index contributed by atoms with van der Waals surface area (Å²) in [5.41, 5.74) is -1.21. The molecule has 0 spiro atoms. The fourth-order valence-electron chi connectivity index (χ4n) is 0.926. The molecule has 7 nitrogen and oxygen atoms in total. The van der Waals surface area contributed by atoms with E-state index in [9.17, 15) is 8.42 Å². The van der Waals surface area contributed by atoms with Crippen molar-refractivity contribution in [1.29, 1.82) is 0 Å². The van der Waals surface area contributed by atoms with Gasteiger partial charge in [-0.15, -0.1) is 0 Å². The fraction of sp³-hybridized carbons (Fsp3) is 1.00. The van der Waals surface area contributed by atoms with Gasteiger partial charge < -0.3 is 22.1 Å². The largest absolute Gasteiger partial charge is 1.00 e. The Kier molecular flexibility index (Phi) is 10.5. The van der Waals surface area contributed by atoms with E-state index in [1.165, 1.54) is 0 Å². The van der Waals surface area contributed by atoms with Gasteiger partial charge in [0.15, 0.2) is 0 Å². The Morgan fingerprint density at radius 2 is 1.56 bits per heavy atom. The van der Waals surface area contributed by atoms with Gasteiger partial charge in [0, 0.05) is 0 Å². The van der Waals surface area contributed by atoms with Crippen molar-refractivity contribution in [3.8, 4) is 0 Å². The molecule has 0 fully saturated rings. The van der Waals surface area contributed by atoms with Gasteiger partial charge in [-0.3, -0.25) is 4.55 Å². The average molecular weight is 267 g/mol. The standard InChI is InChI=1S/C7H17NO6S.Na.H/c9-4-7(5-10,6-11)8-2-1-3-15(12,13)14;;/h8-11H,1-6H2,(H,12,13,14);;/q;+1;-1. The normalized spacial score (nSPS) is 12.2. The SMILES string of the molecule is O=S(=O)(O)CCCNC(CO)(CO)CO.[H-].[Na+]. The summed E-state index contributed by atoms with van der Waals surface area (Å²) >= 11 is 0. The number of hydrogen-bond acceptors (Lipinski definition) is 6. The van der Waals surface area contributed by atoms with Crippen LogP contribution in [0.2, 0.25) is 0 Å². The molecule has 0 bridgehead atoms. The van der Waals surface area contributed by atoms with Crippen molar-refractivity contribution in [2.45, 2.75) is 12.0 Å². The van der Waals surface area contributed by atoms with Crippen molar-refractivity contribution in [3.63, 3.8) is 0 Å². The molecule has 9 heteroatoms. The van der Waals surface area contributed by atoms with E-state index in [1.54, 1.807) is 0 Å². The van der Waals surface area contributed by atoms with Crippen LogP contribution in [0.15, 0.2) is 0 Å². The molecule has 0 aromatic rings. The third-order valence-electron chi connectivity index (χ3n) is 1.99. The average Bonchev–Trinajstić information content (AvgIpc) is 2.18. The maximum atomic E-state index is 10.3. The first kappa shape index (κ1) is 19.1. The number of aliphatic hydroxyl groups excluding tert-OH is 3. The molecular weight excluding hydrogens is 249 g/mol. The van der Waals surface area contributed by atoms with Crippen LogP contribution in [-0.2, 0) is 10.1 Å². The first-order valence-electron chi connectivity index (χ1n) is 4.42. The number of nitrogens with one attached hydrogen (secondary N) is 1. The van der Waals surface area contributed by atoms with E-state index in [0.717, 1.165) is 0 Å². The Hall–Kier alpha value is 0.750. The molecule has 16 heavy (non-hydrogen) atoms. The second-order valence-corrected chi connectivity index (χ2v) is 4.89. The van der Waals surface area contributed by atoms with E-state index in [2.05, 4.69) is 5.32 Å². The maximum Gasteiger partial charge on any atom is 1.00 e. The summed E-state index contributed by atoms with van der Waals surface area (Å²) in [6, 6.07) is 0. The van der Waals surface area contributed by atoms with Gasteiger partial charge in [0.25, 0.3) is 10.1 Å². The van der Waals surface area contributed by atoms with Crippen LogP contribution in [0.4, 0.5) is 0 Å². The van der Waals surface area contributed by atoms with Gasteiger partial charge in [0.2, 0.25) is 0 Å². The molecule has 0 amide bonds. The first-order chi connectivity index (χ1) is 6.89. The van der Waals surface area contributed by atoms with Gasteiger partial charge in [-0.1, -0.05) is 0 Å². The van der Waals surface area contributed by atoms with Crippen LogP contribution in [0.25, 0.3) is 0 Å². The Labute approximate surface area is 118 Å². The van der Waals surface area contributed by atoms with Crippen molar-refractivity contribution in [2.75, 3.05) is 32.1 Å². The zero-order chi connectivity index (χ0) is 11.9. The molecule has 0 aliphatic heterocycles. The monoisotopic (exact) mass is 267 g/mol. The molecule has 0 aliphatic rings. The third kappa shape index (κ3) is 7.93. The molecule has 0 aliphatic carbocycles. The summed E-state index contributed by atoms with van der Waals surface area (Å²) in [6.45, 7) is -1.24. The third-order valence-corrected chi connectivity index (χ3v) is 2.79. The van der Waals surface area contributed by atoms with Crippen LogP contribution in [-0.4, -0.2) is 65.9 Å². The smallest absolute Gasteiger partial charge is 1.00 e. The van der Waals surface area contributed by atoms with E-state index in [0.29, 0.717) is 0 Å². The van der Waals surface area contributed by atoms with E-state index in [-0.39, 0.29) is 43.9 Å². The van der Waals surface area contributed by atoms with Crippen molar-refractivity contribution in [2.24, 2.45) is 0 Å². The second-order valence-electron chi connectivity index (χ2n) is 3.32. The fourth-order valence-corrected chi connectivity index (χ4v) is 1.43. The molecule has 0 radical (unpaired) electrons. The summed E-state index contributed by atoms with van der Waals surface area (Å²) in [6.07, 6.45) is 0.126. The van der Waals surface area contributed by atoms with E-state index in [1.807, 2.05) is 0 Å². The predicted molar refractivity (Wildman–Crippen MR) is 54.1 cm³/mol. The molecule has 0 aromatic carbocycles. The van der Waals surface area contributed by atoms with Crippen LogP contribution in [0.5, 0.6) is 0 Å². The van der Waals surface area contributed by atoms with Gasteiger partial charge in [0.05, 0.1) is 31.1 Å². The minimum atomic E-state index is -3.99. The van der Waals surface area contributed by atoms with Crippen molar-refractivity contribution in [3.05, 3.63) is 0 Å². The topological polar surface area (TPSA) is 127 Å². The molecule has 0 aromatic heterocycles. The maximum absolute atomic E-state index is 10.3. The van der Waals surface area contributed by atoms with Crippen molar-refractivity contribution >= 4 is 10.1 Å². The summed E-state index contributed by atoms with van der Waals surface area (Å²) in [5, 5.41) is 29.3. The Bertz CT molecular complexity index is 263. The summed E-state index contributed by atoms with van der Waals surface area (Å²) in [4.78, 5) is 0. The quantitative estimate of drug-likeness (QED) is 0.169. The van der Waals surface area contributed by atoms with Crippen molar-refractivity contribution in [1.82, 2.24) is 5.32 Å². The van der Waals surface area contributed by atoms with E-state index >= 15 is 0 Å². The van der Waals surface area contributed by atoms with Gasteiger partial charge in [-0.2, -0.15) is 8.42 Å². The molecule has 94 valence electrons. The second kappa shape index (κ2) is 8.78. The zero-order valence-corrected chi connectivity index (χ0v) is 12.1. The Morgan fingerprint density at radius 3 is 1.88 bits per heavy atom. The van der Waals surface area contributed by atoms with Crippen LogP contribution in [0.1, 0.15) is 7.85 Å². The van der Waals surface area contributed by atoms with Gasteiger partial charge >= 0.3 is 29.6 Å². The van der Waals surface area contributed by atoms with Crippen molar-refractivity contribution < 1.29 is 59.3 Å². The molecule has 5 N–H and O–H groups in total. The summed E-state index contributed by atoms with van der Waals surface area (Å²) in [7, 11) is -3.99. The van der Waals surface area contributed by atoms with Gasteiger partial charge in [-0.05, 0) is 13.0 Å². The first-order valence-corrected chi connectivity index (χ1v) is 6.03. The van der Waals surface area contributed by atoms with Crippen LogP contribution < -0.4 is 34.9 Å². The zero-order valence-electron chi connectivity index (χ0n) is 10.3. The van der Waals surface area contributed by atoms with Gasteiger partial charge in [0.1, 0.15) is 0 Å². The number of aliphatic hydroxyl groups is 3. The summed E-state index contributed by atoms with van der Waals surface area (Å²) in [5.74, 6) is -0.404. The van der Waals surface area contributed by atoms with E-state index < -0.39 is 41.2 Å². The number of rotatable bonds is 8. The Morgan fingerprint density at radius 1 is 1.12 bits per heavy atom. The Balaban J connectivity index is -0.000000980. The van der Waals surface area contributed by atoms with Crippen LogP contribution >= 0.6 is 0 Å². The van der Waals surface area contributed by atoms with Gasteiger partial charge in [-0.25, -0.2) is 0 Å². The number of hydrogen-bond donors (Lipinski definition) is 5. The molecule has 0 saturated heterocycles. The molecule has 0 unspecified atom stereocenters. The molecule has 0 rings (SSSR count). The van der Waals surface area contributed by atoms with Crippen LogP contribution in [0.3, 0.4) is 0 Å². The molecule has 0 atom stereocenters. The van der Waals surface area contributed by atoms with Crippen LogP contribution in [0, 0.1) is 0 Å². The summed E-state index contributed by atoms with van der Waals surface area (Å²) < 4.78 is 29.1. The minimum Gasteiger partial charge on any atom is -1.00 e. The molecule has 0 saturated carbocycles. The predicted octanol–water partition coefficient (Wildman–Crippen LogP) is -5.31. The van der Waals surface area contributed by atoms with E-state index in [4.69, 9.17) is 19.9 Å². The minimum absolute atomic E-state index is 0. The molecule has 0 heterocycles.